The summed E-state index contributed by atoms with van der Waals surface area (Å²) in [5, 5.41) is 7.56. The van der Waals surface area contributed by atoms with E-state index in [0.29, 0.717) is 0 Å². The SMILES string of the molecule is CCCn1ncnc1CNCc1ccc(C)nc1. The van der Waals surface area contributed by atoms with Gasteiger partial charge in [-0.05, 0) is 25.0 Å². The van der Waals surface area contributed by atoms with Crippen LogP contribution in [0.3, 0.4) is 0 Å². The molecule has 96 valence electrons. The molecule has 0 spiro atoms. The highest BCUT2D eigenvalue weighted by Gasteiger charge is 2.02. The van der Waals surface area contributed by atoms with E-state index in [-0.39, 0.29) is 0 Å². The topological polar surface area (TPSA) is 55.6 Å². The zero-order valence-corrected chi connectivity index (χ0v) is 10.9. The zero-order valence-electron chi connectivity index (χ0n) is 10.9. The van der Waals surface area contributed by atoms with Gasteiger partial charge in [0.25, 0.3) is 0 Å². The second-order valence-electron chi connectivity index (χ2n) is 4.31. The van der Waals surface area contributed by atoms with Crippen molar-refractivity contribution in [3.05, 3.63) is 41.7 Å². The van der Waals surface area contributed by atoms with E-state index < -0.39 is 0 Å². The third-order valence-electron chi connectivity index (χ3n) is 2.72. The van der Waals surface area contributed by atoms with Crippen LogP contribution in [0.1, 0.15) is 30.4 Å². The molecule has 0 saturated carbocycles. The highest BCUT2D eigenvalue weighted by atomic mass is 15.3. The minimum absolute atomic E-state index is 0.730. The molecule has 0 saturated heterocycles. The van der Waals surface area contributed by atoms with Gasteiger partial charge in [0.05, 0.1) is 6.54 Å². The van der Waals surface area contributed by atoms with Crippen LogP contribution in [0.25, 0.3) is 0 Å². The molecule has 5 heteroatoms. The summed E-state index contributed by atoms with van der Waals surface area (Å²) in [6, 6.07) is 4.11. The monoisotopic (exact) mass is 245 g/mol. The number of aromatic nitrogens is 4. The summed E-state index contributed by atoms with van der Waals surface area (Å²) in [4.78, 5) is 8.52. The molecule has 0 aliphatic rings. The second kappa shape index (κ2) is 6.26. The minimum Gasteiger partial charge on any atom is -0.306 e. The molecule has 1 N–H and O–H groups in total. The Morgan fingerprint density at radius 1 is 1.22 bits per heavy atom. The number of pyridine rings is 1. The summed E-state index contributed by atoms with van der Waals surface area (Å²) >= 11 is 0. The number of nitrogens with zero attached hydrogens (tertiary/aromatic N) is 4. The van der Waals surface area contributed by atoms with Crippen LogP contribution in [0, 0.1) is 6.92 Å². The summed E-state index contributed by atoms with van der Waals surface area (Å²) in [5.74, 6) is 0.983. The number of hydrogen-bond donors (Lipinski definition) is 1. The number of rotatable bonds is 6. The van der Waals surface area contributed by atoms with E-state index >= 15 is 0 Å². The molecule has 0 fully saturated rings. The van der Waals surface area contributed by atoms with E-state index in [1.165, 1.54) is 5.56 Å². The first-order valence-electron chi connectivity index (χ1n) is 6.28. The van der Waals surface area contributed by atoms with E-state index in [1.807, 2.05) is 23.9 Å². The highest BCUT2D eigenvalue weighted by molar-refractivity contribution is 5.12. The molecule has 2 rings (SSSR count). The second-order valence-corrected chi connectivity index (χ2v) is 4.31. The Labute approximate surface area is 107 Å². The molecule has 0 unspecified atom stereocenters. The van der Waals surface area contributed by atoms with Gasteiger partial charge in [0.1, 0.15) is 12.2 Å². The van der Waals surface area contributed by atoms with E-state index in [4.69, 9.17) is 0 Å². The molecule has 0 radical (unpaired) electrons. The molecule has 2 heterocycles. The van der Waals surface area contributed by atoms with Gasteiger partial charge in [-0.3, -0.25) is 4.98 Å². The van der Waals surface area contributed by atoms with Gasteiger partial charge in [-0.1, -0.05) is 13.0 Å². The Hall–Kier alpha value is -1.75. The molecule has 0 aliphatic carbocycles. The Kier molecular flexibility index (Phi) is 4.41. The van der Waals surface area contributed by atoms with Gasteiger partial charge < -0.3 is 5.32 Å². The van der Waals surface area contributed by atoms with E-state index in [2.05, 4.69) is 33.4 Å². The third kappa shape index (κ3) is 3.37. The average Bonchev–Trinajstić information content (AvgIpc) is 2.80. The number of nitrogens with one attached hydrogen (secondary N) is 1. The van der Waals surface area contributed by atoms with Crippen LogP contribution < -0.4 is 5.32 Å². The van der Waals surface area contributed by atoms with Crippen LogP contribution in [0.2, 0.25) is 0 Å². The fourth-order valence-corrected chi connectivity index (χ4v) is 1.75. The Morgan fingerprint density at radius 2 is 2.11 bits per heavy atom. The van der Waals surface area contributed by atoms with Crippen molar-refractivity contribution in [2.45, 2.75) is 39.9 Å². The fourth-order valence-electron chi connectivity index (χ4n) is 1.75. The van der Waals surface area contributed by atoms with Crippen LogP contribution in [0.15, 0.2) is 24.7 Å². The van der Waals surface area contributed by atoms with Gasteiger partial charge in [-0.25, -0.2) is 9.67 Å². The lowest BCUT2D eigenvalue weighted by atomic mass is 10.2. The summed E-state index contributed by atoms with van der Waals surface area (Å²) in [7, 11) is 0. The molecular weight excluding hydrogens is 226 g/mol. The van der Waals surface area contributed by atoms with E-state index in [1.54, 1.807) is 6.33 Å². The molecule has 0 aliphatic heterocycles. The summed E-state index contributed by atoms with van der Waals surface area (Å²) < 4.78 is 1.94. The van der Waals surface area contributed by atoms with Gasteiger partial charge in [-0.2, -0.15) is 5.10 Å². The van der Waals surface area contributed by atoms with Crippen molar-refractivity contribution < 1.29 is 0 Å². The summed E-state index contributed by atoms with van der Waals surface area (Å²) in [6.45, 7) is 6.57. The Bertz CT molecular complexity index is 474. The van der Waals surface area contributed by atoms with Gasteiger partial charge in [0, 0.05) is 25.0 Å². The lowest BCUT2D eigenvalue weighted by Crippen LogP contribution is -2.17. The molecule has 2 aromatic rings. The largest absolute Gasteiger partial charge is 0.306 e. The molecular formula is C13H19N5. The quantitative estimate of drug-likeness (QED) is 0.841. The molecule has 5 nitrogen and oxygen atoms in total. The lowest BCUT2D eigenvalue weighted by Gasteiger charge is -2.06. The first-order chi connectivity index (χ1) is 8.79. The van der Waals surface area contributed by atoms with Crippen LogP contribution >= 0.6 is 0 Å². The van der Waals surface area contributed by atoms with Crippen molar-refractivity contribution in [2.24, 2.45) is 0 Å². The number of aryl methyl sites for hydroxylation is 2. The maximum absolute atomic E-state index is 4.27. The maximum Gasteiger partial charge on any atom is 0.140 e. The molecule has 0 aromatic carbocycles. The summed E-state index contributed by atoms with van der Waals surface area (Å²) in [6.07, 6.45) is 4.58. The zero-order chi connectivity index (χ0) is 12.8. The van der Waals surface area contributed by atoms with E-state index in [9.17, 15) is 0 Å². The van der Waals surface area contributed by atoms with Gasteiger partial charge >= 0.3 is 0 Å². The van der Waals surface area contributed by atoms with E-state index in [0.717, 1.165) is 37.6 Å². The van der Waals surface area contributed by atoms with Gasteiger partial charge in [0.2, 0.25) is 0 Å². The molecule has 0 bridgehead atoms. The predicted octanol–water partition coefficient (Wildman–Crippen LogP) is 1.68. The fraction of sp³-hybridized carbons (Fsp3) is 0.462. The minimum atomic E-state index is 0.730. The smallest absolute Gasteiger partial charge is 0.140 e. The third-order valence-corrected chi connectivity index (χ3v) is 2.72. The van der Waals surface area contributed by atoms with Crippen LogP contribution in [-0.4, -0.2) is 19.7 Å². The molecule has 2 aromatic heterocycles. The molecule has 0 amide bonds. The maximum atomic E-state index is 4.27. The number of hydrogen-bond acceptors (Lipinski definition) is 4. The van der Waals surface area contributed by atoms with Crippen molar-refractivity contribution in [3.8, 4) is 0 Å². The average molecular weight is 245 g/mol. The van der Waals surface area contributed by atoms with Crippen molar-refractivity contribution in [3.63, 3.8) is 0 Å². The Morgan fingerprint density at radius 3 is 2.83 bits per heavy atom. The molecule has 0 atom stereocenters. The molecule has 18 heavy (non-hydrogen) atoms. The van der Waals surface area contributed by atoms with Crippen LogP contribution in [0.5, 0.6) is 0 Å². The van der Waals surface area contributed by atoms with Crippen molar-refractivity contribution >= 4 is 0 Å². The van der Waals surface area contributed by atoms with Gasteiger partial charge in [0.15, 0.2) is 0 Å². The van der Waals surface area contributed by atoms with Crippen LogP contribution in [-0.2, 0) is 19.6 Å². The normalized spacial score (nSPS) is 10.8. The van der Waals surface area contributed by atoms with Crippen molar-refractivity contribution in [2.75, 3.05) is 0 Å². The Balaban J connectivity index is 1.84. The van der Waals surface area contributed by atoms with Crippen LogP contribution in [0.4, 0.5) is 0 Å². The predicted molar refractivity (Wildman–Crippen MR) is 69.8 cm³/mol. The first kappa shape index (κ1) is 12.7. The van der Waals surface area contributed by atoms with Crippen molar-refractivity contribution in [1.82, 2.24) is 25.1 Å². The van der Waals surface area contributed by atoms with Gasteiger partial charge in [-0.15, -0.1) is 0 Å². The standard InChI is InChI=1S/C13H19N5/c1-3-6-18-13(16-10-17-18)9-14-7-12-5-4-11(2)15-8-12/h4-5,8,10,14H,3,6-7,9H2,1-2H3. The van der Waals surface area contributed by atoms with Crippen molar-refractivity contribution in [1.29, 1.82) is 0 Å². The first-order valence-corrected chi connectivity index (χ1v) is 6.28. The summed E-state index contributed by atoms with van der Waals surface area (Å²) in [5.41, 5.74) is 2.23. The highest BCUT2D eigenvalue weighted by Crippen LogP contribution is 2.00. The lowest BCUT2D eigenvalue weighted by molar-refractivity contribution is 0.542.